The van der Waals surface area contributed by atoms with Crippen LogP contribution in [0.5, 0.6) is 0 Å². The van der Waals surface area contributed by atoms with Crippen LogP contribution in [0.15, 0.2) is 42.7 Å². The molecule has 94 valence electrons. The first-order chi connectivity index (χ1) is 8.70. The first-order valence-corrected chi connectivity index (χ1v) is 6.19. The van der Waals surface area contributed by atoms with Crippen LogP contribution in [0.1, 0.15) is 12.5 Å². The van der Waals surface area contributed by atoms with E-state index in [9.17, 15) is 0 Å². The van der Waals surface area contributed by atoms with Crippen LogP contribution >= 0.6 is 0 Å². The van der Waals surface area contributed by atoms with E-state index < -0.39 is 0 Å². The Kier molecular flexibility index (Phi) is 3.82. The summed E-state index contributed by atoms with van der Waals surface area (Å²) in [5, 5.41) is 3.42. The highest BCUT2D eigenvalue weighted by molar-refractivity contribution is 5.68. The molecule has 0 atom stereocenters. The minimum absolute atomic E-state index is 0.998. The summed E-state index contributed by atoms with van der Waals surface area (Å²) < 4.78 is 0. The van der Waals surface area contributed by atoms with E-state index in [0.717, 1.165) is 17.9 Å². The number of anilines is 3. The van der Waals surface area contributed by atoms with Crippen molar-refractivity contribution in [1.82, 2.24) is 4.98 Å². The Morgan fingerprint density at radius 2 is 1.89 bits per heavy atom. The van der Waals surface area contributed by atoms with E-state index in [4.69, 9.17) is 0 Å². The van der Waals surface area contributed by atoms with Crippen molar-refractivity contribution < 1.29 is 0 Å². The van der Waals surface area contributed by atoms with Gasteiger partial charge in [-0.3, -0.25) is 4.98 Å². The summed E-state index contributed by atoms with van der Waals surface area (Å²) in [6.45, 7) is 5.26. The lowest BCUT2D eigenvalue weighted by molar-refractivity contribution is 0.968. The molecule has 0 fully saturated rings. The van der Waals surface area contributed by atoms with E-state index in [-0.39, 0.29) is 0 Å². The van der Waals surface area contributed by atoms with Gasteiger partial charge < -0.3 is 10.2 Å². The van der Waals surface area contributed by atoms with Crippen molar-refractivity contribution in [1.29, 1.82) is 0 Å². The monoisotopic (exact) mass is 241 g/mol. The number of nitrogens with zero attached hydrogens (tertiary/aromatic N) is 2. The summed E-state index contributed by atoms with van der Waals surface area (Å²) in [6.07, 6.45) is 3.58. The van der Waals surface area contributed by atoms with Gasteiger partial charge in [-0.15, -0.1) is 0 Å². The van der Waals surface area contributed by atoms with Crippen molar-refractivity contribution in [3.8, 4) is 0 Å². The van der Waals surface area contributed by atoms with Crippen molar-refractivity contribution in [2.24, 2.45) is 0 Å². The fourth-order valence-corrected chi connectivity index (χ4v) is 1.76. The summed E-state index contributed by atoms with van der Waals surface area (Å²) in [4.78, 5) is 6.24. The Morgan fingerprint density at radius 3 is 2.56 bits per heavy atom. The highest BCUT2D eigenvalue weighted by atomic mass is 15.1. The molecule has 0 amide bonds. The molecule has 0 radical (unpaired) electrons. The molecule has 0 aliphatic heterocycles. The maximum absolute atomic E-state index is 4.02. The number of hydrogen-bond acceptors (Lipinski definition) is 3. The smallest absolute Gasteiger partial charge is 0.0434 e. The molecule has 0 saturated carbocycles. The molecule has 0 spiro atoms. The maximum atomic E-state index is 4.02. The molecular formula is C15H19N3. The van der Waals surface area contributed by atoms with Crippen LogP contribution < -0.4 is 10.2 Å². The highest BCUT2D eigenvalue weighted by Gasteiger charge is 2.03. The predicted molar refractivity (Wildman–Crippen MR) is 77.6 cm³/mol. The van der Waals surface area contributed by atoms with E-state index >= 15 is 0 Å². The van der Waals surface area contributed by atoms with Gasteiger partial charge in [0.1, 0.15) is 0 Å². The summed E-state index contributed by atoms with van der Waals surface area (Å²) >= 11 is 0. The highest BCUT2D eigenvalue weighted by Crippen LogP contribution is 2.25. The number of rotatable bonds is 4. The number of aromatic nitrogens is 1. The van der Waals surface area contributed by atoms with E-state index in [1.165, 1.54) is 11.3 Å². The second-order valence-corrected chi connectivity index (χ2v) is 4.37. The Bertz CT molecular complexity index is 508. The standard InChI is InChI=1S/C15H19N3/c1-4-18(3)14-6-5-12(2)15(11-14)17-13-7-9-16-10-8-13/h5-11H,4H2,1-3H3,(H,16,17). The third kappa shape index (κ3) is 2.80. The zero-order valence-electron chi connectivity index (χ0n) is 11.1. The molecule has 0 aliphatic rings. The van der Waals surface area contributed by atoms with E-state index in [1.807, 2.05) is 12.1 Å². The van der Waals surface area contributed by atoms with Crippen molar-refractivity contribution in [3.63, 3.8) is 0 Å². The quantitative estimate of drug-likeness (QED) is 0.886. The molecule has 0 unspecified atom stereocenters. The second-order valence-electron chi connectivity index (χ2n) is 4.37. The lowest BCUT2D eigenvalue weighted by Crippen LogP contribution is -2.15. The molecule has 2 rings (SSSR count). The lowest BCUT2D eigenvalue weighted by atomic mass is 10.1. The molecular weight excluding hydrogens is 222 g/mol. The van der Waals surface area contributed by atoms with Crippen LogP contribution in [0.2, 0.25) is 0 Å². The largest absolute Gasteiger partial charge is 0.375 e. The average Bonchev–Trinajstić information content (AvgIpc) is 2.41. The number of hydrogen-bond donors (Lipinski definition) is 1. The third-order valence-corrected chi connectivity index (χ3v) is 3.10. The van der Waals surface area contributed by atoms with Crippen LogP contribution in [0.25, 0.3) is 0 Å². The van der Waals surface area contributed by atoms with E-state index in [2.05, 4.69) is 54.3 Å². The van der Waals surface area contributed by atoms with Gasteiger partial charge in [-0.2, -0.15) is 0 Å². The molecule has 1 aromatic carbocycles. The fraction of sp³-hybridized carbons (Fsp3) is 0.267. The molecule has 1 aromatic heterocycles. The molecule has 1 N–H and O–H groups in total. The summed E-state index contributed by atoms with van der Waals surface area (Å²) in [7, 11) is 2.10. The number of pyridine rings is 1. The van der Waals surface area contributed by atoms with Crippen LogP contribution in [0.4, 0.5) is 17.1 Å². The molecule has 0 aliphatic carbocycles. The van der Waals surface area contributed by atoms with Gasteiger partial charge in [-0.25, -0.2) is 0 Å². The number of nitrogens with one attached hydrogen (secondary N) is 1. The summed E-state index contributed by atoms with van der Waals surface area (Å²) in [6, 6.07) is 10.4. The number of aryl methyl sites for hydroxylation is 1. The zero-order chi connectivity index (χ0) is 13.0. The van der Waals surface area contributed by atoms with Gasteiger partial charge in [-0.05, 0) is 43.7 Å². The summed E-state index contributed by atoms with van der Waals surface area (Å²) in [5.41, 5.74) is 4.66. The molecule has 3 heteroatoms. The average molecular weight is 241 g/mol. The van der Waals surface area contributed by atoms with Gasteiger partial charge in [0.15, 0.2) is 0 Å². The molecule has 2 aromatic rings. The van der Waals surface area contributed by atoms with Gasteiger partial charge in [0, 0.05) is 43.0 Å². The summed E-state index contributed by atoms with van der Waals surface area (Å²) in [5.74, 6) is 0. The third-order valence-electron chi connectivity index (χ3n) is 3.10. The fourth-order valence-electron chi connectivity index (χ4n) is 1.76. The van der Waals surface area contributed by atoms with Crippen molar-refractivity contribution in [2.45, 2.75) is 13.8 Å². The van der Waals surface area contributed by atoms with Gasteiger partial charge in [-0.1, -0.05) is 6.07 Å². The van der Waals surface area contributed by atoms with Crippen molar-refractivity contribution >= 4 is 17.1 Å². The predicted octanol–water partition coefficient (Wildman–Crippen LogP) is 3.59. The normalized spacial score (nSPS) is 10.2. The SMILES string of the molecule is CCN(C)c1ccc(C)c(Nc2ccncc2)c1. The molecule has 0 saturated heterocycles. The van der Waals surface area contributed by atoms with E-state index in [1.54, 1.807) is 12.4 Å². The molecule has 3 nitrogen and oxygen atoms in total. The number of benzene rings is 1. The Morgan fingerprint density at radius 1 is 1.17 bits per heavy atom. The van der Waals surface area contributed by atoms with Gasteiger partial charge in [0.2, 0.25) is 0 Å². The van der Waals surface area contributed by atoms with Crippen LogP contribution in [-0.4, -0.2) is 18.6 Å². The Hall–Kier alpha value is -2.03. The minimum atomic E-state index is 0.998. The second kappa shape index (κ2) is 5.54. The minimum Gasteiger partial charge on any atom is -0.375 e. The Balaban J connectivity index is 2.27. The van der Waals surface area contributed by atoms with Gasteiger partial charge in [0.25, 0.3) is 0 Å². The van der Waals surface area contributed by atoms with Crippen molar-refractivity contribution in [3.05, 3.63) is 48.3 Å². The first kappa shape index (κ1) is 12.4. The molecule has 1 heterocycles. The first-order valence-electron chi connectivity index (χ1n) is 6.19. The van der Waals surface area contributed by atoms with E-state index in [0.29, 0.717) is 0 Å². The zero-order valence-corrected chi connectivity index (χ0v) is 11.1. The van der Waals surface area contributed by atoms with Gasteiger partial charge >= 0.3 is 0 Å². The van der Waals surface area contributed by atoms with Crippen LogP contribution in [0.3, 0.4) is 0 Å². The lowest BCUT2D eigenvalue weighted by Gasteiger charge is -2.19. The molecule has 0 bridgehead atoms. The molecule has 18 heavy (non-hydrogen) atoms. The van der Waals surface area contributed by atoms with Gasteiger partial charge in [0.05, 0.1) is 0 Å². The van der Waals surface area contributed by atoms with Crippen LogP contribution in [-0.2, 0) is 0 Å². The van der Waals surface area contributed by atoms with Crippen molar-refractivity contribution in [2.75, 3.05) is 23.8 Å². The topological polar surface area (TPSA) is 28.2 Å². The maximum Gasteiger partial charge on any atom is 0.0434 e. The van der Waals surface area contributed by atoms with Crippen LogP contribution in [0, 0.1) is 6.92 Å². The Labute approximate surface area is 108 Å².